The third-order valence-electron chi connectivity index (χ3n) is 4.35. The predicted molar refractivity (Wildman–Crippen MR) is 83.4 cm³/mol. The molecule has 0 spiro atoms. The van der Waals surface area contributed by atoms with Crippen molar-refractivity contribution in [2.24, 2.45) is 5.92 Å². The molecule has 0 aromatic heterocycles. The number of carbonyl (C=O) groups excluding carboxylic acids is 2. The van der Waals surface area contributed by atoms with Gasteiger partial charge in [0.1, 0.15) is 6.04 Å². The van der Waals surface area contributed by atoms with Crippen molar-refractivity contribution in [1.82, 2.24) is 5.32 Å². The SMILES string of the molecule is CC(=O)N1c2ccccc2C[C@H]1C(=O)N[C@@H]1C=C[C@H](CO)C1. The second-order valence-corrected chi connectivity index (χ2v) is 5.92. The first kappa shape index (κ1) is 14.8. The number of benzene rings is 1. The maximum absolute atomic E-state index is 12.6. The van der Waals surface area contributed by atoms with E-state index < -0.39 is 6.04 Å². The second kappa shape index (κ2) is 5.93. The van der Waals surface area contributed by atoms with Gasteiger partial charge < -0.3 is 10.4 Å². The molecule has 5 nitrogen and oxygen atoms in total. The molecule has 0 saturated heterocycles. The lowest BCUT2D eigenvalue weighted by molar-refractivity contribution is -0.125. The number of aliphatic hydroxyl groups is 1. The van der Waals surface area contributed by atoms with E-state index in [1.165, 1.54) is 6.92 Å². The Morgan fingerprint density at radius 2 is 2.09 bits per heavy atom. The van der Waals surface area contributed by atoms with Crippen LogP contribution in [-0.2, 0) is 16.0 Å². The molecule has 116 valence electrons. The summed E-state index contributed by atoms with van der Waals surface area (Å²) >= 11 is 0. The zero-order valence-electron chi connectivity index (χ0n) is 12.5. The van der Waals surface area contributed by atoms with E-state index in [0.717, 1.165) is 11.3 Å². The van der Waals surface area contributed by atoms with Crippen LogP contribution >= 0.6 is 0 Å². The highest BCUT2D eigenvalue weighted by molar-refractivity contribution is 6.02. The number of hydrogen-bond donors (Lipinski definition) is 2. The molecule has 0 fully saturated rings. The van der Waals surface area contributed by atoms with E-state index in [2.05, 4.69) is 5.32 Å². The van der Waals surface area contributed by atoms with Crippen LogP contribution in [0.15, 0.2) is 36.4 Å². The Morgan fingerprint density at radius 1 is 1.32 bits per heavy atom. The first-order chi connectivity index (χ1) is 10.6. The molecular formula is C17H20N2O3. The number of nitrogens with one attached hydrogen (secondary N) is 1. The smallest absolute Gasteiger partial charge is 0.244 e. The normalized spacial score (nSPS) is 26.1. The maximum Gasteiger partial charge on any atom is 0.244 e. The number of amides is 2. The molecule has 2 N–H and O–H groups in total. The standard InChI is InChI=1S/C17H20N2O3/c1-11(21)19-15-5-3-2-4-13(15)9-16(19)17(22)18-14-7-6-12(8-14)10-20/h2-7,12,14,16,20H,8-10H2,1H3,(H,18,22)/t12-,14+,16-/m0/s1. The fraction of sp³-hybridized carbons (Fsp3) is 0.412. The molecule has 1 aliphatic carbocycles. The highest BCUT2D eigenvalue weighted by atomic mass is 16.3. The summed E-state index contributed by atoms with van der Waals surface area (Å²) in [6.07, 6.45) is 5.10. The molecule has 0 radical (unpaired) electrons. The van der Waals surface area contributed by atoms with Gasteiger partial charge in [-0.1, -0.05) is 30.4 Å². The number of para-hydroxylation sites is 1. The monoisotopic (exact) mass is 300 g/mol. The lowest BCUT2D eigenvalue weighted by Crippen LogP contribution is -2.49. The van der Waals surface area contributed by atoms with Crippen molar-refractivity contribution >= 4 is 17.5 Å². The second-order valence-electron chi connectivity index (χ2n) is 5.92. The van der Waals surface area contributed by atoms with Crippen molar-refractivity contribution in [1.29, 1.82) is 0 Å². The average Bonchev–Trinajstić information content (AvgIpc) is 3.10. The Morgan fingerprint density at radius 3 is 2.77 bits per heavy atom. The summed E-state index contributed by atoms with van der Waals surface area (Å²) in [5.41, 5.74) is 1.85. The number of hydrogen-bond acceptors (Lipinski definition) is 3. The number of fused-ring (bicyclic) bond motifs is 1. The minimum atomic E-state index is -0.489. The molecule has 3 atom stereocenters. The largest absolute Gasteiger partial charge is 0.396 e. The minimum absolute atomic E-state index is 0.0674. The Kier molecular flexibility index (Phi) is 3.98. The van der Waals surface area contributed by atoms with Crippen LogP contribution in [0.4, 0.5) is 5.69 Å². The van der Waals surface area contributed by atoms with E-state index in [0.29, 0.717) is 12.8 Å². The summed E-state index contributed by atoms with van der Waals surface area (Å²) in [5, 5.41) is 12.1. The van der Waals surface area contributed by atoms with Crippen LogP contribution in [0, 0.1) is 5.92 Å². The molecule has 2 aliphatic rings. The van der Waals surface area contributed by atoms with Gasteiger partial charge in [0, 0.05) is 37.6 Å². The van der Waals surface area contributed by atoms with Crippen LogP contribution in [0.2, 0.25) is 0 Å². The van der Waals surface area contributed by atoms with Crippen LogP contribution < -0.4 is 10.2 Å². The molecule has 0 bridgehead atoms. The van der Waals surface area contributed by atoms with Gasteiger partial charge in [-0.2, -0.15) is 0 Å². The third-order valence-corrected chi connectivity index (χ3v) is 4.35. The Labute approximate surface area is 129 Å². The molecule has 22 heavy (non-hydrogen) atoms. The molecule has 1 aromatic carbocycles. The summed E-state index contributed by atoms with van der Waals surface area (Å²) < 4.78 is 0. The molecule has 0 unspecified atom stereocenters. The summed E-state index contributed by atoms with van der Waals surface area (Å²) in [6, 6.07) is 7.07. The molecule has 0 saturated carbocycles. The van der Waals surface area contributed by atoms with E-state index in [-0.39, 0.29) is 30.4 Å². The quantitative estimate of drug-likeness (QED) is 0.819. The van der Waals surface area contributed by atoms with Crippen molar-refractivity contribution < 1.29 is 14.7 Å². The highest BCUT2D eigenvalue weighted by Gasteiger charge is 2.37. The van der Waals surface area contributed by atoms with Crippen LogP contribution in [-0.4, -0.2) is 35.6 Å². The first-order valence-electron chi connectivity index (χ1n) is 7.57. The number of nitrogens with zero attached hydrogens (tertiary/aromatic N) is 1. The number of anilines is 1. The zero-order chi connectivity index (χ0) is 15.7. The van der Waals surface area contributed by atoms with Gasteiger partial charge in [-0.05, 0) is 18.1 Å². The maximum atomic E-state index is 12.6. The Bertz CT molecular complexity index is 626. The van der Waals surface area contributed by atoms with Gasteiger partial charge in [0.25, 0.3) is 0 Å². The van der Waals surface area contributed by atoms with Crippen molar-refractivity contribution in [3.8, 4) is 0 Å². The molecule has 1 heterocycles. The topological polar surface area (TPSA) is 69.6 Å². The van der Waals surface area contributed by atoms with Crippen molar-refractivity contribution in [2.75, 3.05) is 11.5 Å². The van der Waals surface area contributed by atoms with Gasteiger partial charge >= 0.3 is 0 Å². The summed E-state index contributed by atoms with van der Waals surface area (Å²) in [6.45, 7) is 1.58. The van der Waals surface area contributed by atoms with Crippen LogP contribution in [0.3, 0.4) is 0 Å². The minimum Gasteiger partial charge on any atom is -0.396 e. The van der Waals surface area contributed by atoms with Crippen LogP contribution in [0.25, 0.3) is 0 Å². The fourth-order valence-electron chi connectivity index (χ4n) is 3.28. The van der Waals surface area contributed by atoms with E-state index in [1.807, 2.05) is 36.4 Å². The van der Waals surface area contributed by atoms with Gasteiger partial charge in [0.05, 0.1) is 0 Å². The molecule has 1 aromatic rings. The summed E-state index contributed by atoms with van der Waals surface area (Å²) in [4.78, 5) is 26.1. The molecular weight excluding hydrogens is 280 g/mol. The summed E-state index contributed by atoms with van der Waals surface area (Å²) in [7, 11) is 0. The lowest BCUT2D eigenvalue weighted by Gasteiger charge is -2.25. The number of aliphatic hydroxyl groups excluding tert-OH is 1. The molecule has 2 amide bonds. The number of carbonyl (C=O) groups is 2. The fourth-order valence-corrected chi connectivity index (χ4v) is 3.28. The van der Waals surface area contributed by atoms with E-state index >= 15 is 0 Å². The molecule has 1 aliphatic heterocycles. The van der Waals surface area contributed by atoms with E-state index in [9.17, 15) is 9.59 Å². The van der Waals surface area contributed by atoms with Gasteiger partial charge in [-0.3, -0.25) is 14.5 Å². The zero-order valence-corrected chi connectivity index (χ0v) is 12.5. The van der Waals surface area contributed by atoms with Crippen LogP contribution in [0.5, 0.6) is 0 Å². The molecule has 3 rings (SSSR count). The van der Waals surface area contributed by atoms with Gasteiger partial charge in [0.2, 0.25) is 11.8 Å². The van der Waals surface area contributed by atoms with Gasteiger partial charge in [-0.15, -0.1) is 0 Å². The Balaban J connectivity index is 1.73. The first-order valence-corrected chi connectivity index (χ1v) is 7.57. The predicted octanol–water partition coefficient (Wildman–Crippen LogP) is 1.02. The average molecular weight is 300 g/mol. The highest BCUT2D eigenvalue weighted by Crippen LogP contribution is 2.32. The molecule has 5 heteroatoms. The number of rotatable bonds is 3. The van der Waals surface area contributed by atoms with Crippen LogP contribution in [0.1, 0.15) is 18.9 Å². The van der Waals surface area contributed by atoms with Gasteiger partial charge in [-0.25, -0.2) is 0 Å². The van der Waals surface area contributed by atoms with Crippen molar-refractivity contribution in [3.05, 3.63) is 42.0 Å². The van der Waals surface area contributed by atoms with Crippen molar-refractivity contribution in [3.63, 3.8) is 0 Å². The lowest BCUT2D eigenvalue weighted by atomic mass is 10.1. The Hall–Kier alpha value is -2.14. The summed E-state index contributed by atoms with van der Waals surface area (Å²) in [5.74, 6) is -0.157. The van der Waals surface area contributed by atoms with Crippen molar-refractivity contribution in [2.45, 2.75) is 31.8 Å². The van der Waals surface area contributed by atoms with E-state index in [1.54, 1.807) is 4.90 Å². The van der Waals surface area contributed by atoms with Gasteiger partial charge in [0.15, 0.2) is 0 Å². The van der Waals surface area contributed by atoms with E-state index in [4.69, 9.17) is 5.11 Å². The third kappa shape index (κ3) is 2.64.